The van der Waals surface area contributed by atoms with Gasteiger partial charge in [-0.15, -0.1) is 11.3 Å². The Balaban J connectivity index is 2.72. The van der Waals surface area contributed by atoms with Crippen molar-refractivity contribution in [3.8, 4) is 0 Å². The third-order valence-corrected chi connectivity index (χ3v) is 3.41. The van der Waals surface area contributed by atoms with E-state index in [2.05, 4.69) is 0 Å². The van der Waals surface area contributed by atoms with Gasteiger partial charge in [0.2, 0.25) is 0 Å². The number of aliphatic hydroxyl groups is 1. The lowest BCUT2D eigenvalue weighted by Gasteiger charge is -2.00. The third-order valence-electron chi connectivity index (χ3n) is 2.17. The van der Waals surface area contributed by atoms with Crippen LogP contribution >= 0.6 is 11.3 Å². The largest absolute Gasteiger partial charge is 0.463 e. The highest BCUT2D eigenvalue weighted by Gasteiger charge is 2.06. The van der Waals surface area contributed by atoms with E-state index in [1.54, 1.807) is 25.2 Å². The van der Waals surface area contributed by atoms with E-state index < -0.39 is 0 Å². The van der Waals surface area contributed by atoms with Gasteiger partial charge in [0.05, 0.1) is 12.7 Å². The van der Waals surface area contributed by atoms with E-state index >= 15 is 0 Å². The molecule has 0 saturated carbocycles. The number of thiophene rings is 1. The predicted molar refractivity (Wildman–Crippen MR) is 70.0 cm³/mol. The first-order valence-corrected chi connectivity index (χ1v) is 6.46. The van der Waals surface area contributed by atoms with E-state index in [-0.39, 0.29) is 12.1 Å². The molecule has 0 bridgehead atoms. The van der Waals surface area contributed by atoms with Gasteiger partial charge in [-0.25, -0.2) is 4.79 Å². The number of aliphatic hydroxyl groups excluding tert-OH is 1. The van der Waals surface area contributed by atoms with Gasteiger partial charge in [-0.2, -0.15) is 0 Å². The highest BCUT2D eigenvalue weighted by Crippen LogP contribution is 2.24. The lowest BCUT2D eigenvalue weighted by Crippen LogP contribution is -2.01. The minimum atomic E-state index is -0.337. The van der Waals surface area contributed by atoms with E-state index in [1.807, 2.05) is 19.1 Å². The summed E-state index contributed by atoms with van der Waals surface area (Å²) in [5.74, 6) is -0.310. The molecule has 1 heterocycles. The Morgan fingerprint density at radius 2 is 2.29 bits per heavy atom. The summed E-state index contributed by atoms with van der Waals surface area (Å²) in [5.41, 5.74) is 0.894. The molecule has 1 N–H and O–H groups in total. The molecule has 1 aromatic heterocycles. The number of esters is 1. The van der Waals surface area contributed by atoms with E-state index in [0.29, 0.717) is 13.0 Å². The van der Waals surface area contributed by atoms with Crippen LogP contribution in [0.1, 0.15) is 30.5 Å². The highest BCUT2D eigenvalue weighted by atomic mass is 32.1. The summed E-state index contributed by atoms with van der Waals surface area (Å²) in [6, 6.07) is 3.95. The van der Waals surface area contributed by atoms with Crippen LogP contribution in [0.5, 0.6) is 0 Å². The number of ether oxygens (including phenoxy) is 1. The number of hydrogen-bond acceptors (Lipinski definition) is 4. The van der Waals surface area contributed by atoms with Crippen LogP contribution in [0.15, 0.2) is 18.2 Å². The summed E-state index contributed by atoms with van der Waals surface area (Å²) in [4.78, 5) is 13.4. The number of carbonyl (C=O) groups excluding carboxylic acids is 1. The molecule has 0 spiro atoms. The van der Waals surface area contributed by atoms with Crippen LogP contribution in [0, 0.1) is 0 Å². The van der Waals surface area contributed by atoms with Gasteiger partial charge in [-0.1, -0.05) is 0 Å². The Hall–Kier alpha value is -1.13. The normalized spacial score (nSPS) is 13.5. The van der Waals surface area contributed by atoms with Gasteiger partial charge < -0.3 is 9.84 Å². The molecule has 0 aromatic carbocycles. The predicted octanol–water partition coefficient (Wildman–Crippen LogP) is 2.64. The summed E-state index contributed by atoms with van der Waals surface area (Å²) in [5, 5.41) is 9.29. The molecule has 0 saturated heterocycles. The Kier molecular flexibility index (Phi) is 5.38. The van der Waals surface area contributed by atoms with Crippen LogP contribution in [-0.4, -0.2) is 23.8 Å². The zero-order valence-corrected chi connectivity index (χ0v) is 11.2. The molecule has 0 aliphatic heterocycles. The number of carbonyl (C=O) groups is 1. The van der Waals surface area contributed by atoms with Crippen molar-refractivity contribution in [3.63, 3.8) is 0 Å². The van der Waals surface area contributed by atoms with Crippen molar-refractivity contribution in [1.82, 2.24) is 0 Å². The summed E-state index contributed by atoms with van der Waals surface area (Å²) in [6.45, 7) is 5.82. The van der Waals surface area contributed by atoms with Gasteiger partial charge in [0.25, 0.3) is 0 Å². The van der Waals surface area contributed by atoms with Gasteiger partial charge in [-0.05, 0) is 38.5 Å². The maximum Gasteiger partial charge on any atom is 0.331 e. The van der Waals surface area contributed by atoms with Crippen LogP contribution in [0.2, 0.25) is 0 Å². The van der Waals surface area contributed by atoms with Crippen molar-refractivity contribution in [3.05, 3.63) is 28.0 Å². The second-order valence-electron chi connectivity index (χ2n) is 3.90. The maximum absolute atomic E-state index is 11.3. The second-order valence-corrected chi connectivity index (χ2v) is 5.07. The van der Waals surface area contributed by atoms with Gasteiger partial charge >= 0.3 is 5.97 Å². The summed E-state index contributed by atoms with van der Waals surface area (Å²) in [6.07, 6.45) is 1.81. The van der Waals surface area contributed by atoms with Crippen molar-refractivity contribution in [2.24, 2.45) is 0 Å². The smallest absolute Gasteiger partial charge is 0.331 e. The fraction of sp³-hybridized carbons (Fsp3) is 0.462. The van der Waals surface area contributed by atoms with Crippen LogP contribution in [0.3, 0.4) is 0 Å². The van der Waals surface area contributed by atoms with Gasteiger partial charge in [0.1, 0.15) is 0 Å². The average molecular weight is 254 g/mol. The van der Waals surface area contributed by atoms with Crippen molar-refractivity contribution < 1.29 is 14.6 Å². The van der Waals surface area contributed by atoms with Crippen LogP contribution in [0.4, 0.5) is 0 Å². The summed E-state index contributed by atoms with van der Waals surface area (Å²) < 4.78 is 4.85. The summed E-state index contributed by atoms with van der Waals surface area (Å²) in [7, 11) is 0. The lowest BCUT2D eigenvalue weighted by molar-refractivity contribution is -0.137. The van der Waals surface area contributed by atoms with E-state index in [1.165, 1.54) is 6.08 Å². The molecule has 0 fully saturated rings. The van der Waals surface area contributed by atoms with Crippen LogP contribution < -0.4 is 0 Å². The first-order chi connectivity index (χ1) is 8.02. The van der Waals surface area contributed by atoms with Gasteiger partial charge in [0, 0.05) is 22.3 Å². The minimum absolute atomic E-state index is 0.310. The van der Waals surface area contributed by atoms with E-state index in [4.69, 9.17) is 4.74 Å². The summed E-state index contributed by atoms with van der Waals surface area (Å²) >= 11 is 1.59. The molecule has 0 aliphatic carbocycles. The molecule has 0 radical (unpaired) electrons. The fourth-order valence-electron chi connectivity index (χ4n) is 1.42. The highest BCUT2D eigenvalue weighted by molar-refractivity contribution is 7.13. The maximum atomic E-state index is 11.3. The molecular weight excluding hydrogens is 236 g/mol. The van der Waals surface area contributed by atoms with E-state index in [9.17, 15) is 9.90 Å². The van der Waals surface area contributed by atoms with Crippen LogP contribution in [0.25, 0.3) is 5.57 Å². The Morgan fingerprint density at radius 3 is 2.88 bits per heavy atom. The minimum Gasteiger partial charge on any atom is -0.463 e. The quantitative estimate of drug-likeness (QED) is 0.649. The first kappa shape index (κ1) is 13.9. The number of hydrogen-bond donors (Lipinski definition) is 1. The van der Waals surface area contributed by atoms with Crippen molar-refractivity contribution in [2.45, 2.75) is 33.3 Å². The molecule has 94 valence electrons. The van der Waals surface area contributed by atoms with E-state index in [0.717, 1.165) is 15.3 Å². The molecular formula is C13H18O3S. The monoisotopic (exact) mass is 254 g/mol. The molecule has 17 heavy (non-hydrogen) atoms. The Labute approximate surface area is 106 Å². The standard InChI is InChI=1S/C13H18O3S/c1-4-16-13(15)7-9(2)12-6-5-11(17-12)8-10(3)14/h5-7,10,14H,4,8H2,1-3H3/b9-7+. The van der Waals surface area contributed by atoms with Crippen molar-refractivity contribution in [2.75, 3.05) is 6.61 Å². The molecule has 1 unspecified atom stereocenters. The fourth-order valence-corrected chi connectivity index (χ4v) is 2.52. The molecule has 1 atom stereocenters. The molecule has 0 aliphatic rings. The van der Waals surface area contributed by atoms with Crippen LogP contribution in [-0.2, 0) is 16.0 Å². The topological polar surface area (TPSA) is 46.5 Å². The zero-order chi connectivity index (χ0) is 12.8. The SMILES string of the molecule is CCOC(=O)/C=C(\C)c1ccc(CC(C)O)s1. The van der Waals surface area contributed by atoms with Crippen molar-refractivity contribution >= 4 is 22.9 Å². The molecule has 4 heteroatoms. The number of allylic oxidation sites excluding steroid dienone is 1. The Morgan fingerprint density at radius 1 is 1.59 bits per heavy atom. The molecule has 1 aromatic rings. The number of rotatable bonds is 5. The van der Waals surface area contributed by atoms with Gasteiger partial charge in [0.15, 0.2) is 0 Å². The molecule has 0 amide bonds. The lowest BCUT2D eigenvalue weighted by atomic mass is 10.2. The van der Waals surface area contributed by atoms with Gasteiger partial charge in [-0.3, -0.25) is 0 Å². The second kappa shape index (κ2) is 6.57. The molecule has 1 rings (SSSR count). The average Bonchev–Trinajstić information content (AvgIpc) is 2.65. The van der Waals surface area contributed by atoms with Crippen molar-refractivity contribution in [1.29, 1.82) is 0 Å². The third kappa shape index (κ3) is 4.71. The molecule has 3 nitrogen and oxygen atoms in total. The zero-order valence-electron chi connectivity index (χ0n) is 10.4. The Bertz CT molecular complexity index is 405. The first-order valence-electron chi connectivity index (χ1n) is 5.65.